The van der Waals surface area contributed by atoms with Gasteiger partial charge in [0.1, 0.15) is 5.82 Å². The largest absolute Gasteiger partial charge is 0.321 e. The molecule has 78 valence electrons. The van der Waals surface area contributed by atoms with Gasteiger partial charge in [-0.2, -0.15) is 4.98 Å². The van der Waals surface area contributed by atoms with E-state index in [-0.39, 0.29) is 16.8 Å². The molecule has 0 aliphatic carbocycles. The molecule has 0 unspecified atom stereocenters. The van der Waals surface area contributed by atoms with E-state index in [0.29, 0.717) is 11.4 Å². The normalized spacial score (nSPS) is 10.6. The third kappa shape index (κ3) is 2.27. The first-order chi connectivity index (χ1) is 7.16. The van der Waals surface area contributed by atoms with Crippen LogP contribution < -0.4 is 0 Å². The van der Waals surface area contributed by atoms with Crippen molar-refractivity contribution in [2.45, 2.75) is 6.42 Å². The molecular formula is C9H5Cl2FN2O. The first-order valence-electron chi connectivity index (χ1n) is 4.08. The molecular weight excluding hydrogens is 242 g/mol. The maximum atomic E-state index is 13.4. The maximum absolute atomic E-state index is 13.4. The lowest BCUT2D eigenvalue weighted by molar-refractivity contribution is 0.413. The lowest BCUT2D eigenvalue weighted by Gasteiger charge is -2.00. The number of hydrogen-bond donors (Lipinski definition) is 0. The highest BCUT2D eigenvalue weighted by atomic mass is 35.5. The Labute approximate surface area is 94.8 Å². The summed E-state index contributed by atoms with van der Waals surface area (Å²) < 4.78 is 18.0. The Morgan fingerprint density at radius 2 is 2.13 bits per heavy atom. The van der Waals surface area contributed by atoms with Crippen molar-refractivity contribution in [3.05, 3.63) is 45.8 Å². The van der Waals surface area contributed by atoms with E-state index >= 15 is 0 Å². The van der Waals surface area contributed by atoms with E-state index in [1.165, 1.54) is 6.07 Å². The van der Waals surface area contributed by atoms with Crippen LogP contribution in [0.2, 0.25) is 10.4 Å². The van der Waals surface area contributed by atoms with Crippen molar-refractivity contribution in [1.29, 1.82) is 0 Å². The average Bonchev–Trinajstić information content (AvgIpc) is 2.59. The van der Waals surface area contributed by atoms with Crippen LogP contribution in [0.4, 0.5) is 4.39 Å². The van der Waals surface area contributed by atoms with E-state index in [1.807, 2.05) is 0 Å². The molecule has 0 saturated carbocycles. The van der Waals surface area contributed by atoms with Gasteiger partial charge in [-0.3, -0.25) is 0 Å². The SMILES string of the molecule is Fc1c(Cl)cccc1Cc1noc(Cl)n1. The van der Waals surface area contributed by atoms with Gasteiger partial charge in [0.05, 0.1) is 5.02 Å². The minimum absolute atomic E-state index is 0.0626. The molecule has 0 bridgehead atoms. The van der Waals surface area contributed by atoms with E-state index in [9.17, 15) is 4.39 Å². The smallest absolute Gasteiger partial charge is 0.320 e. The fourth-order valence-corrected chi connectivity index (χ4v) is 1.49. The van der Waals surface area contributed by atoms with Crippen LogP contribution in [0.15, 0.2) is 22.7 Å². The average molecular weight is 247 g/mol. The van der Waals surface area contributed by atoms with Crippen molar-refractivity contribution in [3.8, 4) is 0 Å². The van der Waals surface area contributed by atoms with Crippen LogP contribution >= 0.6 is 23.2 Å². The topological polar surface area (TPSA) is 38.9 Å². The number of rotatable bonds is 2. The fraction of sp³-hybridized carbons (Fsp3) is 0.111. The van der Waals surface area contributed by atoms with Crippen LogP contribution in [0.1, 0.15) is 11.4 Å². The Balaban J connectivity index is 2.28. The van der Waals surface area contributed by atoms with Gasteiger partial charge in [0.15, 0.2) is 5.82 Å². The van der Waals surface area contributed by atoms with Gasteiger partial charge < -0.3 is 4.52 Å². The zero-order chi connectivity index (χ0) is 10.8. The molecule has 0 spiro atoms. The van der Waals surface area contributed by atoms with Crippen molar-refractivity contribution in [3.63, 3.8) is 0 Å². The molecule has 0 N–H and O–H groups in total. The second-order valence-electron chi connectivity index (χ2n) is 2.85. The van der Waals surface area contributed by atoms with E-state index < -0.39 is 5.82 Å². The quantitative estimate of drug-likeness (QED) is 0.818. The third-order valence-electron chi connectivity index (χ3n) is 1.82. The Morgan fingerprint density at radius 1 is 1.33 bits per heavy atom. The fourth-order valence-electron chi connectivity index (χ4n) is 1.16. The number of halogens is 3. The monoisotopic (exact) mass is 246 g/mol. The second-order valence-corrected chi connectivity index (χ2v) is 3.58. The second kappa shape index (κ2) is 4.16. The molecule has 0 saturated heterocycles. The molecule has 0 aliphatic heterocycles. The molecule has 0 radical (unpaired) electrons. The summed E-state index contributed by atoms with van der Waals surface area (Å²) in [5, 5.41) is 3.56. The van der Waals surface area contributed by atoms with Gasteiger partial charge in [-0.05, 0) is 23.2 Å². The van der Waals surface area contributed by atoms with E-state index in [4.69, 9.17) is 23.2 Å². The predicted molar refractivity (Wildman–Crippen MR) is 53.5 cm³/mol. The van der Waals surface area contributed by atoms with Crippen LogP contribution in [0.3, 0.4) is 0 Å². The van der Waals surface area contributed by atoms with Crippen LogP contribution in [0.25, 0.3) is 0 Å². The zero-order valence-electron chi connectivity index (χ0n) is 7.38. The van der Waals surface area contributed by atoms with Crippen molar-refractivity contribution in [1.82, 2.24) is 10.1 Å². The van der Waals surface area contributed by atoms with Gasteiger partial charge in [-0.25, -0.2) is 4.39 Å². The minimum Gasteiger partial charge on any atom is -0.321 e. The third-order valence-corrected chi connectivity index (χ3v) is 2.27. The molecule has 1 aromatic carbocycles. The van der Waals surface area contributed by atoms with E-state index in [0.717, 1.165) is 0 Å². The van der Waals surface area contributed by atoms with Crippen molar-refractivity contribution < 1.29 is 8.91 Å². The number of aromatic nitrogens is 2. The Hall–Kier alpha value is -1.13. The number of benzene rings is 1. The molecule has 1 aromatic heterocycles. The molecule has 0 fully saturated rings. The molecule has 1 heterocycles. The first-order valence-corrected chi connectivity index (χ1v) is 4.83. The standard InChI is InChI=1S/C9H5Cl2FN2O/c10-6-3-1-2-5(8(6)12)4-7-13-9(11)15-14-7/h1-3H,4H2. The number of nitrogens with zero attached hydrogens (tertiary/aromatic N) is 2. The zero-order valence-corrected chi connectivity index (χ0v) is 8.89. The summed E-state index contributed by atoms with van der Waals surface area (Å²) in [6.45, 7) is 0. The van der Waals surface area contributed by atoms with Crippen LogP contribution in [-0.4, -0.2) is 10.1 Å². The number of hydrogen-bond acceptors (Lipinski definition) is 3. The van der Waals surface area contributed by atoms with Gasteiger partial charge in [0.25, 0.3) is 0 Å². The maximum Gasteiger partial charge on any atom is 0.320 e. The van der Waals surface area contributed by atoms with Crippen molar-refractivity contribution in [2.75, 3.05) is 0 Å². The molecule has 15 heavy (non-hydrogen) atoms. The molecule has 0 amide bonds. The summed E-state index contributed by atoms with van der Waals surface area (Å²) in [6, 6.07) is 4.73. The van der Waals surface area contributed by atoms with Crippen molar-refractivity contribution >= 4 is 23.2 Å². The Morgan fingerprint density at radius 3 is 2.80 bits per heavy atom. The molecule has 2 aromatic rings. The van der Waals surface area contributed by atoms with E-state index in [1.54, 1.807) is 12.1 Å². The Kier molecular flexibility index (Phi) is 2.88. The summed E-state index contributed by atoms with van der Waals surface area (Å²) in [6.07, 6.45) is 0.197. The van der Waals surface area contributed by atoms with Gasteiger partial charge >= 0.3 is 5.35 Å². The summed E-state index contributed by atoms with van der Waals surface area (Å²) >= 11 is 11.1. The van der Waals surface area contributed by atoms with Crippen LogP contribution in [0, 0.1) is 5.82 Å². The summed E-state index contributed by atoms with van der Waals surface area (Å²) in [5.74, 6) is -0.152. The van der Waals surface area contributed by atoms with Gasteiger partial charge in [-0.1, -0.05) is 28.9 Å². The lowest BCUT2D eigenvalue weighted by atomic mass is 10.1. The van der Waals surface area contributed by atoms with Crippen LogP contribution in [-0.2, 0) is 6.42 Å². The highest BCUT2D eigenvalue weighted by Crippen LogP contribution is 2.19. The molecule has 0 atom stereocenters. The summed E-state index contributed by atoms with van der Waals surface area (Å²) in [4.78, 5) is 3.75. The minimum atomic E-state index is -0.472. The Bertz CT molecular complexity index is 487. The summed E-state index contributed by atoms with van der Waals surface area (Å²) in [5.41, 5.74) is 0.403. The molecule has 6 heteroatoms. The van der Waals surface area contributed by atoms with Gasteiger partial charge in [0.2, 0.25) is 0 Å². The van der Waals surface area contributed by atoms with Crippen molar-refractivity contribution in [2.24, 2.45) is 0 Å². The first kappa shape index (κ1) is 10.4. The predicted octanol–water partition coefficient (Wildman–Crippen LogP) is 3.11. The summed E-state index contributed by atoms with van der Waals surface area (Å²) in [7, 11) is 0. The van der Waals surface area contributed by atoms with Gasteiger partial charge in [-0.15, -0.1) is 0 Å². The molecule has 3 nitrogen and oxygen atoms in total. The molecule has 2 rings (SSSR count). The van der Waals surface area contributed by atoms with E-state index in [2.05, 4.69) is 14.7 Å². The van der Waals surface area contributed by atoms with Gasteiger partial charge in [0, 0.05) is 6.42 Å². The lowest BCUT2D eigenvalue weighted by Crippen LogP contribution is -1.95. The highest BCUT2D eigenvalue weighted by molar-refractivity contribution is 6.30. The van der Waals surface area contributed by atoms with Crippen LogP contribution in [0.5, 0.6) is 0 Å². The highest BCUT2D eigenvalue weighted by Gasteiger charge is 2.10. The molecule has 0 aliphatic rings.